The van der Waals surface area contributed by atoms with E-state index < -0.39 is 18.0 Å². The topological polar surface area (TPSA) is 98.1 Å². The maximum atomic E-state index is 12.2. The molecule has 0 aromatic rings. The van der Waals surface area contributed by atoms with Gasteiger partial charge in [-0.15, -0.1) is 11.8 Å². The van der Waals surface area contributed by atoms with Crippen molar-refractivity contribution in [3.8, 4) is 0 Å². The molecule has 0 aliphatic carbocycles. The van der Waals surface area contributed by atoms with Crippen LogP contribution >= 0.6 is 11.8 Å². The Balaban J connectivity index is 1.88. The van der Waals surface area contributed by atoms with Crippen LogP contribution in [0.25, 0.3) is 0 Å². The van der Waals surface area contributed by atoms with Crippen LogP contribution < -0.4 is 0 Å². The summed E-state index contributed by atoms with van der Waals surface area (Å²) in [4.78, 5) is 39.2. The number of rotatable bonds is 4. The predicted octanol–water partition coefficient (Wildman–Crippen LogP) is 0.104. The van der Waals surface area contributed by atoms with Crippen molar-refractivity contribution in [2.75, 3.05) is 13.6 Å². The Kier molecular flexibility index (Phi) is 3.92. The number of aliphatic carboxylic acids is 1. The van der Waals surface area contributed by atoms with E-state index in [2.05, 4.69) is 0 Å². The number of nitrogens with zero attached hydrogens (tertiary/aromatic N) is 2. The summed E-state index contributed by atoms with van der Waals surface area (Å²) in [6, 6.07) is -0.300. The summed E-state index contributed by atoms with van der Waals surface area (Å²) in [6.45, 7) is 4.02. The van der Waals surface area contributed by atoms with Crippen molar-refractivity contribution >= 4 is 29.5 Å². The maximum absolute atomic E-state index is 12.2. The smallest absolute Gasteiger partial charge is 0.353 e. The molecule has 126 valence electrons. The number of β-lactam (4-membered cyclic amide) rings is 1. The molecule has 2 saturated heterocycles. The van der Waals surface area contributed by atoms with Gasteiger partial charge in [-0.3, -0.25) is 9.59 Å². The normalized spacial score (nSPS) is 34.8. The molecule has 3 aliphatic rings. The molecule has 0 spiro atoms. The molecule has 3 rings (SSSR count). The molecule has 3 aliphatic heterocycles. The Morgan fingerprint density at radius 3 is 2.52 bits per heavy atom. The highest BCUT2D eigenvalue weighted by atomic mass is 32.2. The minimum atomic E-state index is -1.13. The van der Waals surface area contributed by atoms with Crippen LogP contribution in [-0.2, 0) is 14.4 Å². The SMILES string of the molecule is CC(O)C1C(=O)N2C(C(=O)O)=C(SC3CC(=O)N(C)C3)C(C)[C@@H]12. The monoisotopic (exact) mass is 340 g/mol. The number of likely N-dealkylation sites (tertiary alicyclic amines) is 1. The number of fused-ring (bicyclic) bond motifs is 1. The van der Waals surface area contributed by atoms with Gasteiger partial charge in [-0.25, -0.2) is 4.79 Å². The van der Waals surface area contributed by atoms with Gasteiger partial charge in [0, 0.05) is 36.1 Å². The van der Waals surface area contributed by atoms with E-state index in [-0.39, 0.29) is 34.7 Å². The summed E-state index contributed by atoms with van der Waals surface area (Å²) < 4.78 is 0. The van der Waals surface area contributed by atoms with Gasteiger partial charge < -0.3 is 20.0 Å². The van der Waals surface area contributed by atoms with E-state index in [1.165, 1.54) is 16.7 Å². The molecule has 23 heavy (non-hydrogen) atoms. The largest absolute Gasteiger partial charge is 0.477 e. The molecule has 0 saturated carbocycles. The van der Waals surface area contributed by atoms with Gasteiger partial charge >= 0.3 is 5.97 Å². The molecule has 0 bridgehead atoms. The lowest BCUT2D eigenvalue weighted by Crippen LogP contribution is -2.63. The molecule has 4 unspecified atom stereocenters. The zero-order valence-electron chi connectivity index (χ0n) is 13.2. The third-order valence-electron chi connectivity index (χ3n) is 4.91. The van der Waals surface area contributed by atoms with Crippen molar-refractivity contribution in [3.05, 3.63) is 10.6 Å². The number of hydrogen-bond acceptors (Lipinski definition) is 5. The second-order valence-electron chi connectivity index (χ2n) is 6.49. The van der Waals surface area contributed by atoms with E-state index in [1.54, 1.807) is 18.9 Å². The lowest BCUT2D eigenvalue weighted by molar-refractivity contribution is -0.163. The third-order valence-corrected chi connectivity index (χ3v) is 6.38. The first-order valence-corrected chi connectivity index (χ1v) is 8.51. The van der Waals surface area contributed by atoms with Gasteiger partial charge in [0.05, 0.1) is 18.1 Å². The molecule has 3 heterocycles. The van der Waals surface area contributed by atoms with Gasteiger partial charge in [-0.1, -0.05) is 6.92 Å². The molecule has 2 N–H and O–H groups in total. The zero-order valence-corrected chi connectivity index (χ0v) is 14.0. The fourth-order valence-corrected chi connectivity index (χ4v) is 5.29. The van der Waals surface area contributed by atoms with Gasteiger partial charge in [-0.05, 0) is 6.92 Å². The van der Waals surface area contributed by atoms with Gasteiger partial charge in [0.2, 0.25) is 11.8 Å². The highest BCUT2D eigenvalue weighted by Crippen LogP contribution is 2.51. The molecule has 7 nitrogen and oxygen atoms in total. The number of hydrogen-bond donors (Lipinski definition) is 2. The number of carbonyl (C=O) groups is 3. The number of amides is 2. The van der Waals surface area contributed by atoms with E-state index in [9.17, 15) is 24.6 Å². The third kappa shape index (κ3) is 2.35. The molecular weight excluding hydrogens is 320 g/mol. The summed E-state index contributed by atoms with van der Waals surface area (Å²) >= 11 is 1.39. The van der Waals surface area contributed by atoms with Crippen LogP contribution in [0.3, 0.4) is 0 Å². The first-order chi connectivity index (χ1) is 10.7. The number of aliphatic hydroxyl groups excluding tert-OH is 1. The lowest BCUT2D eigenvalue weighted by Gasteiger charge is -2.46. The fourth-order valence-electron chi connectivity index (χ4n) is 3.76. The average Bonchev–Trinajstić information content (AvgIpc) is 2.87. The predicted molar refractivity (Wildman–Crippen MR) is 83.3 cm³/mol. The van der Waals surface area contributed by atoms with Gasteiger partial charge in [0.1, 0.15) is 5.70 Å². The highest BCUT2D eigenvalue weighted by Gasteiger charge is 2.60. The average molecular weight is 340 g/mol. The van der Waals surface area contributed by atoms with Crippen LogP contribution in [0.15, 0.2) is 10.6 Å². The van der Waals surface area contributed by atoms with E-state index in [0.717, 1.165) is 0 Å². The Morgan fingerprint density at radius 1 is 1.39 bits per heavy atom. The van der Waals surface area contributed by atoms with E-state index >= 15 is 0 Å². The minimum Gasteiger partial charge on any atom is -0.477 e. The van der Waals surface area contributed by atoms with Crippen LogP contribution in [0.1, 0.15) is 20.3 Å². The minimum absolute atomic E-state index is 0.00176. The molecular formula is C15H20N2O5S. The number of carboxylic acid groups (broad SMARTS) is 1. The molecule has 2 fully saturated rings. The summed E-state index contributed by atoms with van der Waals surface area (Å²) in [5, 5.41) is 19.3. The van der Waals surface area contributed by atoms with Crippen molar-refractivity contribution in [2.24, 2.45) is 11.8 Å². The van der Waals surface area contributed by atoms with Crippen LogP contribution in [0, 0.1) is 11.8 Å². The summed E-state index contributed by atoms with van der Waals surface area (Å²) in [5.41, 5.74) is 0.0244. The molecule has 2 amide bonds. The fraction of sp³-hybridized carbons (Fsp3) is 0.667. The standard InChI is InChI=1S/C15H20N2O5S/c1-6-11-10(7(2)18)14(20)17(11)12(15(21)22)13(6)23-8-4-9(19)16(3)5-8/h6-8,10-11,18H,4-5H2,1-3H3,(H,21,22)/t6?,7?,8?,10?,11-/m0/s1. The van der Waals surface area contributed by atoms with Gasteiger partial charge in [0.25, 0.3) is 0 Å². The Hall–Kier alpha value is -1.54. The van der Waals surface area contributed by atoms with Crippen LogP contribution in [-0.4, -0.2) is 68.8 Å². The maximum Gasteiger partial charge on any atom is 0.353 e. The van der Waals surface area contributed by atoms with Crippen molar-refractivity contribution in [1.29, 1.82) is 0 Å². The first kappa shape index (κ1) is 16.3. The van der Waals surface area contributed by atoms with Crippen molar-refractivity contribution in [2.45, 2.75) is 37.7 Å². The molecule has 0 aromatic heterocycles. The molecule has 0 aromatic carbocycles. The zero-order chi connectivity index (χ0) is 17.0. The van der Waals surface area contributed by atoms with Crippen molar-refractivity contribution in [1.82, 2.24) is 9.80 Å². The van der Waals surface area contributed by atoms with Gasteiger partial charge in [-0.2, -0.15) is 0 Å². The van der Waals surface area contributed by atoms with Gasteiger partial charge in [0.15, 0.2) is 0 Å². The van der Waals surface area contributed by atoms with Crippen molar-refractivity contribution < 1.29 is 24.6 Å². The van der Waals surface area contributed by atoms with Crippen LogP contribution in [0.5, 0.6) is 0 Å². The first-order valence-electron chi connectivity index (χ1n) is 7.63. The number of carbonyl (C=O) groups excluding carboxylic acids is 2. The van der Waals surface area contributed by atoms with E-state index in [1.807, 2.05) is 6.92 Å². The number of aliphatic hydroxyl groups is 1. The highest BCUT2D eigenvalue weighted by molar-refractivity contribution is 8.03. The Labute approximate surface area is 138 Å². The molecule has 8 heteroatoms. The molecule has 5 atom stereocenters. The number of carboxylic acids is 1. The quantitative estimate of drug-likeness (QED) is 0.705. The van der Waals surface area contributed by atoms with E-state index in [4.69, 9.17) is 0 Å². The lowest BCUT2D eigenvalue weighted by atomic mass is 9.79. The van der Waals surface area contributed by atoms with E-state index in [0.29, 0.717) is 17.9 Å². The van der Waals surface area contributed by atoms with Crippen LogP contribution in [0.4, 0.5) is 0 Å². The van der Waals surface area contributed by atoms with Crippen LogP contribution in [0.2, 0.25) is 0 Å². The molecule has 0 radical (unpaired) electrons. The Morgan fingerprint density at radius 2 is 2.04 bits per heavy atom. The number of thioether (sulfide) groups is 1. The summed E-state index contributed by atoms with van der Waals surface area (Å²) in [5.74, 6) is -2.11. The summed E-state index contributed by atoms with van der Waals surface area (Å²) in [6.07, 6.45) is -0.423. The second-order valence-corrected chi connectivity index (χ2v) is 7.83. The Bertz CT molecular complexity index is 617. The van der Waals surface area contributed by atoms with Crippen molar-refractivity contribution in [3.63, 3.8) is 0 Å². The second kappa shape index (κ2) is 5.52. The summed E-state index contributed by atoms with van der Waals surface area (Å²) in [7, 11) is 1.73.